The highest BCUT2D eigenvalue weighted by Gasteiger charge is 2.32. The van der Waals surface area contributed by atoms with Crippen molar-refractivity contribution in [2.75, 3.05) is 38.9 Å². The third-order valence-corrected chi connectivity index (χ3v) is 6.48. The van der Waals surface area contributed by atoms with Gasteiger partial charge in [-0.05, 0) is 64.2 Å². The van der Waals surface area contributed by atoms with Crippen LogP contribution in [0.25, 0.3) is 16.8 Å². The van der Waals surface area contributed by atoms with E-state index in [4.69, 9.17) is 19.6 Å². The lowest BCUT2D eigenvalue weighted by atomic mass is 9.93. The number of anilines is 1. The van der Waals surface area contributed by atoms with Crippen LogP contribution in [0.5, 0.6) is 0 Å². The van der Waals surface area contributed by atoms with Gasteiger partial charge in [0.1, 0.15) is 5.82 Å². The Morgan fingerprint density at radius 2 is 1.68 bits per heavy atom. The van der Waals surface area contributed by atoms with Crippen molar-refractivity contribution >= 4 is 11.5 Å². The number of aryl methyl sites for hydroxylation is 5. The van der Waals surface area contributed by atoms with Crippen LogP contribution < -0.4 is 4.90 Å². The van der Waals surface area contributed by atoms with Crippen LogP contribution in [0.3, 0.4) is 0 Å². The van der Waals surface area contributed by atoms with Crippen molar-refractivity contribution in [3.63, 3.8) is 0 Å². The third kappa shape index (κ3) is 3.72. The third-order valence-electron chi connectivity index (χ3n) is 6.48. The predicted molar refractivity (Wildman–Crippen MR) is 125 cm³/mol. The van der Waals surface area contributed by atoms with Crippen LogP contribution in [0.15, 0.2) is 12.1 Å². The molecule has 31 heavy (non-hydrogen) atoms. The fraction of sp³-hybridized carbons (Fsp3) is 0.520. The van der Waals surface area contributed by atoms with Crippen LogP contribution in [0.1, 0.15) is 40.1 Å². The lowest BCUT2D eigenvalue weighted by Crippen LogP contribution is -2.45. The second kappa shape index (κ2) is 8.60. The summed E-state index contributed by atoms with van der Waals surface area (Å²) >= 11 is 0. The topological polar surface area (TPSA) is 51.9 Å². The molecule has 1 aromatic carbocycles. The Morgan fingerprint density at radius 1 is 0.968 bits per heavy atom. The zero-order valence-electron chi connectivity index (χ0n) is 19.9. The average molecular weight is 423 g/mol. The number of fused-ring (bicyclic) bond motifs is 3. The number of hydrogen-bond acceptors (Lipinski definition) is 5. The van der Waals surface area contributed by atoms with E-state index >= 15 is 0 Å². The van der Waals surface area contributed by atoms with Gasteiger partial charge >= 0.3 is 0 Å². The minimum Gasteiger partial charge on any atom is -0.383 e. The number of methoxy groups -OCH3 is 2. The Hall–Kier alpha value is -2.44. The minimum absolute atomic E-state index is 0.299. The lowest BCUT2D eigenvalue weighted by molar-refractivity contribution is 0.160. The molecule has 2 aromatic heterocycles. The predicted octanol–water partition coefficient (Wildman–Crippen LogP) is 4.35. The van der Waals surface area contributed by atoms with Gasteiger partial charge in [0.25, 0.3) is 0 Å². The van der Waals surface area contributed by atoms with Gasteiger partial charge in [-0.2, -0.15) is 9.61 Å². The summed E-state index contributed by atoms with van der Waals surface area (Å²) in [6.45, 7) is 12.9. The number of hydrogen-bond donors (Lipinski definition) is 0. The van der Waals surface area contributed by atoms with Crippen molar-refractivity contribution in [3.8, 4) is 11.1 Å². The number of nitrogens with zero attached hydrogens (tertiary/aromatic N) is 4. The van der Waals surface area contributed by atoms with E-state index in [0.29, 0.717) is 19.3 Å². The summed E-state index contributed by atoms with van der Waals surface area (Å²) in [6.07, 6.45) is 2.03. The molecule has 6 nitrogen and oxygen atoms in total. The Kier molecular flexibility index (Phi) is 6.04. The number of aromatic nitrogens is 3. The van der Waals surface area contributed by atoms with Crippen molar-refractivity contribution in [1.29, 1.82) is 0 Å². The largest absolute Gasteiger partial charge is 0.383 e. The highest BCUT2D eigenvalue weighted by atomic mass is 16.5. The molecule has 1 unspecified atom stereocenters. The minimum atomic E-state index is 0.299. The van der Waals surface area contributed by atoms with Crippen LogP contribution in [0, 0.1) is 34.6 Å². The van der Waals surface area contributed by atoms with Crippen molar-refractivity contribution in [2.45, 2.75) is 53.5 Å². The first-order valence-electron chi connectivity index (χ1n) is 11.1. The SMILES string of the molecule is COCCN1c2c(c(C)nc3c(-c4c(C)cc(C)cc4C)c(C)nn23)CCC1COC. The monoisotopic (exact) mass is 422 g/mol. The van der Waals surface area contributed by atoms with Gasteiger partial charge in [-0.3, -0.25) is 0 Å². The van der Waals surface area contributed by atoms with Gasteiger partial charge in [-0.25, -0.2) is 4.98 Å². The van der Waals surface area contributed by atoms with Gasteiger partial charge < -0.3 is 14.4 Å². The molecule has 1 atom stereocenters. The maximum absolute atomic E-state index is 5.56. The van der Waals surface area contributed by atoms with Gasteiger partial charge in [-0.1, -0.05) is 17.7 Å². The van der Waals surface area contributed by atoms with Crippen LogP contribution in [-0.4, -0.2) is 54.6 Å². The first-order valence-corrected chi connectivity index (χ1v) is 11.1. The Bertz CT molecular complexity index is 1100. The molecule has 1 aliphatic rings. The van der Waals surface area contributed by atoms with Gasteiger partial charge in [-0.15, -0.1) is 0 Å². The fourth-order valence-electron chi connectivity index (χ4n) is 5.22. The standard InChI is InChI=1S/C25H34N4O2/c1-15-12-16(2)22(17(3)13-15)23-19(5)27-29-24(23)26-18(4)21-9-8-20(14-31-7)28(25(21)29)10-11-30-6/h12-13,20H,8-11,14H2,1-7H3. The van der Waals surface area contributed by atoms with Crippen molar-refractivity contribution in [3.05, 3.63) is 45.8 Å². The summed E-state index contributed by atoms with van der Waals surface area (Å²) in [5, 5.41) is 5.03. The Morgan fingerprint density at radius 3 is 2.32 bits per heavy atom. The molecule has 0 bridgehead atoms. The summed E-state index contributed by atoms with van der Waals surface area (Å²) in [4.78, 5) is 7.50. The summed E-state index contributed by atoms with van der Waals surface area (Å²) in [6, 6.07) is 4.79. The van der Waals surface area contributed by atoms with E-state index in [-0.39, 0.29) is 0 Å². The van der Waals surface area contributed by atoms with E-state index in [1.807, 2.05) is 0 Å². The summed E-state index contributed by atoms with van der Waals surface area (Å²) in [5.41, 5.74) is 10.5. The molecule has 166 valence electrons. The fourth-order valence-corrected chi connectivity index (χ4v) is 5.22. The molecule has 3 aromatic rings. The van der Waals surface area contributed by atoms with Crippen molar-refractivity contribution in [2.24, 2.45) is 0 Å². The van der Waals surface area contributed by atoms with E-state index < -0.39 is 0 Å². The molecule has 0 fully saturated rings. The second-order valence-corrected chi connectivity index (χ2v) is 8.80. The zero-order valence-corrected chi connectivity index (χ0v) is 19.9. The molecule has 1 aliphatic heterocycles. The summed E-state index contributed by atoms with van der Waals surface area (Å²) in [7, 11) is 3.53. The first kappa shape index (κ1) is 21.8. The Labute approximate surface area is 185 Å². The van der Waals surface area contributed by atoms with Crippen LogP contribution in [-0.2, 0) is 15.9 Å². The van der Waals surface area contributed by atoms with E-state index in [1.54, 1.807) is 14.2 Å². The molecular weight excluding hydrogens is 388 g/mol. The highest BCUT2D eigenvalue weighted by Crippen LogP contribution is 2.38. The maximum Gasteiger partial charge on any atom is 0.165 e. The molecule has 0 amide bonds. The molecule has 6 heteroatoms. The van der Waals surface area contributed by atoms with Crippen molar-refractivity contribution < 1.29 is 9.47 Å². The summed E-state index contributed by atoms with van der Waals surface area (Å²) < 4.78 is 13.1. The average Bonchev–Trinajstić information content (AvgIpc) is 3.02. The van der Waals surface area contributed by atoms with E-state index in [0.717, 1.165) is 47.8 Å². The Balaban J connectivity index is 1.99. The van der Waals surface area contributed by atoms with Crippen LogP contribution in [0.2, 0.25) is 0 Å². The molecule has 4 rings (SSSR count). The van der Waals surface area contributed by atoms with Crippen LogP contribution >= 0.6 is 0 Å². The molecule has 0 saturated heterocycles. The van der Waals surface area contributed by atoms with Gasteiger partial charge in [0, 0.05) is 32.0 Å². The molecule has 0 N–H and O–H groups in total. The smallest absolute Gasteiger partial charge is 0.165 e. The number of ether oxygens (including phenoxy) is 2. The van der Waals surface area contributed by atoms with E-state index in [1.165, 1.54) is 27.8 Å². The van der Waals surface area contributed by atoms with Gasteiger partial charge in [0.05, 0.1) is 30.5 Å². The van der Waals surface area contributed by atoms with Gasteiger partial charge in [0.2, 0.25) is 0 Å². The molecule has 0 radical (unpaired) electrons. The molecule has 3 heterocycles. The van der Waals surface area contributed by atoms with E-state index in [2.05, 4.69) is 56.2 Å². The number of benzene rings is 1. The van der Waals surface area contributed by atoms with Gasteiger partial charge in [0.15, 0.2) is 5.65 Å². The molecule has 0 aliphatic carbocycles. The lowest BCUT2D eigenvalue weighted by Gasteiger charge is -2.38. The van der Waals surface area contributed by atoms with Crippen LogP contribution in [0.4, 0.5) is 5.82 Å². The summed E-state index contributed by atoms with van der Waals surface area (Å²) in [5.74, 6) is 1.14. The van der Waals surface area contributed by atoms with Crippen molar-refractivity contribution in [1.82, 2.24) is 14.6 Å². The molecule has 0 saturated carbocycles. The van der Waals surface area contributed by atoms with E-state index in [9.17, 15) is 0 Å². The second-order valence-electron chi connectivity index (χ2n) is 8.80. The molecular formula is C25H34N4O2. The first-order chi connectivity index (χ1) is 14.9. The normalized spacial score (nSPS) is 16.2. The molecule has 0 spiro atoms. The maximum atomic E-state index is 5.56. The quantitative estimate of drug-likeness (QED) is 0.591. The zero-order chi connectivity index (χ0) is 22.3. The number of rotatable bonds is 6. The highest BCUT2D eigenvalue weighted by molar-refractivity contribution is 5.85.